The van der Waals surface area contributed by atoms with Gasteiger partial charge in [-0.25, -0.2) is 0 Å². The summed E-state index contributed by atoms with van der Waals surface area (Å²) in [6.07, 6.45) is 7.86. The van der Waals surface area contributed by atoms with Crippen molar-refractivity contribution in [1.29, 1.82) is 0 Å². The number of quaternary nitrogens is 2. The van der Waals surface area contributed by atoms with E-state index in [1.54, 1.807) is 12.0 Å². The maximum Gasteiger partial charge on any atom is 0.127 e. The Morgan fingerprint density at radius 3 is 2.54 bits per heavy atom. The number of benzene rings is 1. The van der Waals surface area contributed by atoms with E-state index < -0.39 is 0 Å². The van der Waals surface area contributed by atoms with E-state index in [1.807, 2.05) is 4.90 Å². The number of rotatable bonds is 5. The summed E-state index contributed by atoms with van der Waals surface area (Å²) in [5.41, 5.74) is 1.32. The Bertz CT molecular complexity index is 610. The molecular weight excluding hydrogens is 364 g/mol. The summed E-state index contributed by atoms with van der Waals surface area (Å²) in [7, 11) is 1.77. The summed E-state index contributed by atoms with van der Waals surface area (Å²) in [5.74, 6) is 3.80. The molecule has 3 nitrogen and oxygen atoms in total. The third-order valence-corrected chi connectivity index (χ3v) is 6.81. The fourth-order valence-corrected chi connectivity index (χ4v) is 5.40. The van der Waals surface area contributed by atoms with Crippen molar-refractivity contribution >= 4 is 15.9 Å². The molecule has 3 atom stereocenters. The lowest BCUT2D eigenvalue weighted by atomic mass is 9.93. The number of fused-ring (bicyclic) bond motifs is 2. The molecule has 0 unspecified atom stereocenters. The Morgan fingerprint density at radius 1 is 1.08 bits per heavy atom. The maximum atomic E-state index is 5.53. The number of ether oxygens (including phenoxy) is 1. The molecule has 0 amide bonds. The topological polar surface area (TPSA) is 18.1 Å². The average molecular weight is 393 g/mol. The smallest absolute Gasteiger partial charge is 0.127 e. The Kier molecular flexibility index (Phi) is 4.98. The molecule has 130 valence electrons. The predicted octanol–water partition coefficient (Wildman–Crippen LogP) is 0.953. The number of nitrogens with one attached hydrogen (secondary N) is 2. The van der Waals surface area contributed by atoms with Crippen LogP contribution in [0.15, 0.2) is 34.8 Å². The zero-order valence-corrected chi connectivity index (χ0v) is 16.1. The number of hydrogen-bond acceptors (Lipinski definition) is 1. The highest BCUT2D eigenvalue weighted by Crippen LogP contribution is 2.42. The van der Waals surface area contributed by atoms with Gasteiger partial charge >= 0.3 is 0 Å². The molecule has 24 heavy (non-hydrogen) atoms. The molecule has 1 aliphatic heterocycles. The highest BCUT2D eigenvalue weighted by molar-refractivity contribution is 9.10. The van der Waals surface area contributed by atoms with E-state index in [0.717, 1.165) is 34.5 Å². The number of allylic oxidation sites excluding steroid dienone is 2. The Morgan fingerprint density at radius 2 is 1.88 bits per heavy atom. The molecule has 4 rings (SSSR count). The summed E-state index contributed by atoms with van der Waals surface area (Å²) >= 11 is 3.59. The van der Waals surface area contributed by atoms with Crippen molar-refractivity contribution < 1.29 is 14.5 Å². The van der Waals surface area contributed by atoms with Gasteiger partial charge in [0.2, 0.25) is 0 Å². The Balaban J connectivity index is 1.29. The van der Waals surface area contributed by atoms with Gasteiger partial charge < -0.3 is 14.5 Å². The Labute approximate surface area is 153 Å². The third-order valence-electron chi connectivity index (χ3n) is 6.31. The summed E-state index contributed by atoms with van der Waals surface area (Å²) in [6.45, 7) is 7.68. The van der Waals surface area contributed by atoms with E-state index in [2.05, 4.69) is 46.3 Å². The zero-order valence-electron chi connectivity index (χ0n) is 14.6. The summed E-state index contributed by atoms with van der Waals surface area (Å²) in [4.78, 5) is 3.54. The second-order valence-corrected chi connectivity index (χ2v) is 8.79. The van der Waals surface area contributed by atoms with Crippen molar-refractivity contribution in [3.8, 4) is 5.75 Å². The van der Waals surface area contributed by atoms with E-state index in [4.69, 9.17) is 4.74 Å². The van der Waals surface area contributed by atoms with Gasteiger partial charge in [-0.15, -0.1) is 0 Å². The zero-order chi connectivity index (χ0) is 16.5. The monoisotopic (exact) mass is 392 g/mol. The highest BCUT2D eigenvalue weighted by Gasteiger charge is 2.38. The molecule has 0 radical (unpaired) electrons. The first-order valence-corrected chi connectivity index (χ1v) is 10.2. The van der Waals surface area contributed by atoms with Crippen LogP contribution in [-0.2, 0) is 6.54 Å². The van der Waals surface area contributed by atoms with Crippen molar-refractivity contribution in [1.82, 2.24) is 0 Å². The minimum absolute atomic E-state index is 0.902. The van der Waals surface area contributed by atoms with Gasteiger partial charge in [0.1, 0.15) is 38.5 Å². The van der Waals surface area contributed by atoms with Gasteiger partial charge in [-0.05, 0) is 42.9 Å². The average Bonchev–Trinajstić information content (AvgIpc) is 3.20. The van der Waals surface area contributed by atoms with E-state index in [-0.39, 0.29) is 0 Å². The first-order chi connectivity index (χ1) is 11.7. The molecule has 0 spiro atoms. The summed E-state index contributed by atoms with van der Waals surface area (Å²) < 4.78 is 6.68. The van der Waals surface area contributed by atoms with Crippen LogP contribution >= 0.6 is 15.9 Å². The Hall–Kier alpha value is -0.840. The van der Waals surface area contributed by atoms with Gasteiger partial charge in [0.05, 0.1) is 13.7 Å². The number of hydrogen-bond donors (Lipinski definition) is 2. The van der Waals surface area contributed by atoms with Gasteiger partial charge in [0, 0.05) is 16.0 Å². The van der Waals surface area contributed by atoms with Crippen LogP contribution in [-0.4, -0.2) is 39.8 Å². The second-order valence-electron chi connectivity index (χ2n) is 7.88. The van der Waals surface area contributed by atoms with Crippen molar-refractivity contribution in [3.05, 3.63) is 40.4 Å². The van der Waals surface area contributed by atoms with Crippen molar-refractivity contribution in [2.45, 2.75) is 19.4 Å². The fraction of sp³-hybridized carbons (Fsp3) is 0.600. The van der Waals surface area contributed by atoms with Crippen LogP contribution in [0.3, 0.4) is 0 Å². The van der Waals surface area contributed by atoms with Gasteiger partial charge in [0.25, 0.3) is 0 Å². The summed E-state index contributed by atoms with van der Waals surface area (Å²) in [6, 6.07) is 6.35. The second kappa shape index (κ2) is 7.19. The lowest BCUT2D eigenvalue weighted by molar-refractivity contribution is -1.02. The van der Waals surface area contributed by atoms with Crippen molar-refractivity contribution in [2.24, 2.45) is 17.8 Å². The van der Waals surface area contributed by atoms with Crippen LogP contribution < -0.4 is 14.5 Å². The molecule has 2 aliphatic carbocycles. The predicted molar refractivity (Wildman–Crippen MR) is 99.5 cm³/mol. The maximum absolute atomic E-state index is 5.53. The first kappa shape index (κ1) is 16.6. The molecule has 1 saturated carbocycles. The van der Waals surface area contributed by atoms with E-state index in [9.17, 15) is 0 Å². The molecule has 3 aliphatic rings. The lowest BCUT2D eigenvalue weighted by Crippen LogP contribution is -3.27. The van der Waals surface area contributed by atoms with Gasteiger partial charge in [-0.3, -0.25) is 0 Å². The minimum Gasteiger partial charge on any atom is -0.496 e. The van der Waals surface area contributed by atoms with E-state index in [0.29, 0.717) is 0 Å². The van der Waals surface area contributed by atoms with Crippen LogP contribution in [0.4, 0.5) is 0 Å². The molecule has 2 bridgehead atoms. The van der Waals surface area contributed by atoms with Crippen LogP contribution in [0.1, 0.15) is 18.4 Å². The minimum atomic E-state index is 0.902. The SMILES string of the molecule is COc1ccc(Br)cc1C[NH+]1CC[NH+](C[C@@H]2C[C@@H]3C=C[C@H]2C3)CC1. The molecule has 2 fully saturated rings. The molecule has 4 heteroatoms. The first-order valence-electron chi connectivity index (χ1n) is 9.39. The third kappa shape index (κ3) is 3.56. The number of methoxy groups -OCH3 is 1. The van der Waals surface area contributed by atoms with E-state index in [1.165, 1.54) is 51.1 Å². The highest BCUT2D eigenvalue weighted by atomic mass is 79.9. The van der Waals surface area contributed by atoms with E-state index >= 15 is 0 Å². The van der Waals surface area contributed by atoms with Gasteiger partial charge in [-0.1, -0.05) is 28.1 Å². The molecule has 2 N–H and O–H groups in total. The number of halogens is 1. The molecule has 1 saturated heterocycles. The van der Waals surface area contributed by atoms with Gasteiger partial charge in [-0.2, -0.15) is 0 Å². The van der Waals surface area contributed by atoms with Crippen LogP contribution in [0.25, 0.3) is 0 Å². The lowest BCUT2D eigenvalue weighted by Gasteiger charge is -2.32. The largest absolute Gasteiger partial charge is 0.496 e. The van der Waals surface area contributed by atoms with Crippen molar-refractivity contribution in [2.75, 3.05) is 39.8 Å². The van der Waals surface area contributed by atoms with Crippen LogP contribution in [0.5, 0.6) is 5.75 Å². The molecule has 1 aromatic rings. The number of piperazine rings is 1. The quantitative estimate of drug-likeness (QED) is 0.714. The molecule has 0 aromatic heterocycles. The standard InChI is InChI=1S/C20H27BrN2O/c1-24-20-5-4-19(21)12-18(20)14-23-8-6-22(7-9-23)13-17-11-15-2-3-16(17)10-15/h2-5,12,15-17H,6-11,13-14H2,1H3/p+2/t15-,16+,17+/m1/s1. The van der Waals surface area contributed by atoms with Crippen molar-refractivity contribution in [3.63, 3.8) is 0 Å². The molecular formula is C20H29BrN2O+2. The fourth-order valence-electron chi connectivity index (χ4n) is 4.99. The van der Waals surface area contributed by atoms with Crippen LogP contribution in [0.2, 0.25) is 0 Å². The molecule has 1 heterocycles. The summed E-state index contributed by atoms with van der Waals surface area (Å²) in [5, 5.41) is 0. The molecule has 1 aromatic carbocycles. The normalized spacial score (nSPS) is 34.7. The van der Waals surface area contributed by atoms with Crippen LogP contribution in [0, 0.1) is 17.8 Å². The van der Waals surface area contributed by atoms with Gasteiger partial charge in [0.15, 0.2) is 0 Å².